The van der Waals surface area contributed by atoms with Gasteiger partial charge >= 0.3 is 8.25 Å². The zero-order chi connectivity index (χ0) is 16.7. The zero-order valence-electron chi connectivity index (χ0n) is 13.4. The maximum absolute atomic E-state index is 12.0. The van der Waals surface area contributed by atoms with E-state index in [0.29, 0.717) is 11.5 Å². The van der Waals surface area contributed by atoms with Crippen LogP contribution in [0.3, 0.4) is 0 Å². The molecule has 2 aromatic rings. The topological polar surface area (TPSA) is 60.6 Å². The smallest absolute Gasteiger partial charge is 0.365 e. The van der Waals surface area contributed by atoms with Crippen LogP contribution in [0.25, 0.3) is 0 Å². The molecule has 2 heterocycles. The van der Waals surface area contributed by atoms with Crippen LogP contribution in [0.2, 0.25) is 0 Å². The summed E-state index contributed by atoms with van der Waals surface area (Å²) >= 11 is 0. The van der Waals surface area contributed by atoms with E-state index in [1.165, 1.54) is 0 Å². The van der Waals surface area contributed by atoms with Gasteiger partial charge < -0.3 is 9.47 Å². The summed E-state index contributed by atoms with van der Waals surface area (Å²) in [6, 6.07) is 14.8. The molecule has 0 aromatic heterocycles. The molecule has 0 bridgehead atoms. The number of epoxide rings is 2. The van der Waals surface area contributed by atoms with Crippen molar-refractivity contribution in [3.05, 3.63) is 59.7 Å². The molecule has 4 rings (SSSR count). The molecule has 24 heavy (non-hydrogen) atoms. The average molecular weight is 345 g/mol. The third-order valence-corrected chi connectivity index (χ3v) is 4.92. The molecule has 2 aromatic carbocycles. The summed E-state index contributed by atoms with van der Waals surface area (Å²) < 4.78 is 33.5. The molecular formula is C18H18O5P+. The van der Waals surface area contributed by atoms with Crippen LogP contribution in [0.4, 0.5) is 0 Å². The first-order valence-electron chi connectivity index (χ1n) is 7.94. The fraction of sp³-hybridized carbons (Fsp3) is 0.333. The summed E-state index contributed by atoms with van der Waals surface area (Å²) in [5.74, 6) is 1.01. The van der Waals surface area contributed by atoms with Crippen LogP contribution in [0.1, 0.15) is 37.2 Å². The van der Waals surface area contributed by atoms with E-state index in [-0.39, 0.29) is 24.4 Å². The van der Waals surface area contributed by atoms with Crippen molar-refractivity contribution < 1.29 is 23.1 Å². The van der Waals surface area contributed by atoms with Crippen LogP contribution in [0, 0.1) is 0 Å². The normalized spacial score (nSPS) is 28.2. The van der Waals surface area contributed by atoms with Gasteiger partial charge in [0.1, 0.15) is 12.2 Å². The van der Waals surface area contributed by atoms with Gasteiger partial charge in [-0.1, -0.05) is 24.3 Å². The predicted molar refractivity (Wildman–Crippen MR) is 88.3 cm³/mol. The molecule has 0 spiro atoms. The van der Waals surface area contributed by atoms with E-state index in [0.717, 1.165) is 11.1 Å². The second kappa shape index (κ2) is 6.17. The summed E-state index contributed by atoms with van der Waals surface area (Å²) in [5, 5.41) is 0. The molecule has 0 saturated carbocycles. The van der Waals surface area contributed by atoms with Gasteiger partial charge in [0.2, 0.25) is 0 Å². The first kappa shape index (κ1) is 15.6. The number of benzene rings is 2. The van der Waals surface area contributed by atoms with Crippen LogP contribution in [0.15, 0.2) is 48.5 Å². The number of hydrogen-bond acceptors (Lipinski definition) is 5. The third kappa shape index (κ3) is 3.44. The molecule has 5 nitrogen and oxygen atoms in total. The van der Waals surface area contributed by atoms with Crippen LogP contribution in [-0.4, -0.2) is 12.2 Å². The van der Waals surface area contributed by atoms with E-state index in [4.69, 9.17) is 18.5 Å². The fourth-order valence-corrected chi connectivity index (χ4v) is 3.32. The van der Waals surface area contributed by atoms with Gasteiger partial charge in [-0.05, 0) is 49.2 Å². The highest BCUT2D eigenvalue weighted by atomic mass is 31.1. The Labute approximate surface area is 141 Å². The Bertz CT molecular complexity index is 680. The van der Waals surface area contributed by atoms with E-state index in [1.54, 1.807) is 24.3 Å². The maximum Gasteiger partial charge on any atom is 0.805 e. The molecule has 4 atom stereocenters. The van der Waals surface area contributed by atoms with E-state index in [2.05, 4.69) is 0 Å². The van der Waals surface area contributed by atoms with Crippen molar-refractivity contribution in [1.29, 1.82) is 0 Å². The molecule has 0 amide bonds. The molecular weight excluding hydrogens is 327 g/mol. The molecule has 2 aliphatic heterocycles. The number of ether oxygens (including phenoxy) is 2. The molecule has 0 N–H and O–H groups in total. The first-order valence-corrected chi connectivity index (χ1v) is 9.04. The molecule has 6 heteroatoms. The summed E-state index contributed by atoms with van der Waals surface area (Å²) in [7, 11) is -2.28. The average Bonchev–Trinajstić information content (AvgIpc) is 3.47. The van der Waals surface area contributed by atoms with Gasteiger partial charge in [0, 0.05) is 4.57 Å². The highest BCUT2D eigenvalue weighted by Crippen LogP contribution is 2.40. The first-order chi connectivity index (χ1) is 11.6. The zero-order valence-corrected chi connectivity index (χ0v) is 14.3. The van der Waals surface area contributed by atoms with Crippen molar-refractivity contribution in [3.8, 4) is 11.5 Å². The molecule has 124 valence electrons. The van der Waals surface area contributed by atoms with Crippen molar-refractivity contribution in [2.75, 3.05) is 0 Å². The monoisotopic (exact) mass is 345 g/mol. The quantitative estimate of drug-likeness (QED) is 0.560. The Balaban J connectivity index is 1.32. The van der Waals surface area contributed by atoms with E-state index >= 15 is 0 Å². The molecule has 4 unspecified atom stereocenters. The lowest BCUT2D eigenvalue weighted by molar-refractivity contribution is 0.383. The van der Waals surface area contributed by atoms with Crippen LogP contribution in [0.5, 0.6) is 11.5 Å². The Kier molecular flexibility index (Phi) is 4.01. The van der Waals surface area contributed by atoms with Crippen molar-refractivity contribution in [1.82, 2.24) is 0 Å². The maximum atomic E-state index is 12.0. The molecule has 2 fully saturated rings. The Morgan fingerprint density at radius 1 is 0.750 bits per heavy atom. The van der Waals surface area contributed by atoms with Gasteiger partial charge in [0.15, 0.2) is 11.5 Å². The molecule has 0 aliphatic carbocycles. The highest BCUT2D eigenvalue weighted by Gasteiger charge is 2.36. The van der Waals surface area contributed by atoms with Crippen molar-refractivity contribution in [3.63, 3.8) is 0 Å². The Morgan fingerprint density at radius 3 is 1.38 bits per heavy atom. The van der Waals surface area contributed by atoms with Gasteiger partial charge in [-0.2, -0.15) is 0 Å². The largest absolute Gasteiger partial charge is 0.805 e. The fourth-order valence-electron chi connectivity index (χ4n) is 2.70. The van der Waals surface area contributed by atoms with Gasteiger partial charge in [-0.15, -0.1) is 0 Å². The standard InChI is InChI=1S/C18H18O5P/c1-11-17(20-11)13-3-7-15(8-4-13)22-24(19)23-16-9-5-14(6-10-16)18-12(2)21-18/h3-12,17-18H,1-2H3/q+1. The highest BCUT2D eigenvalue weighted by molar-refractivity contribution is 7.34. The van der Waals surface area contributed by atoms with Gasteiger partial charge in [-0.3, -0.25) is 0 Å². The molecule has 2 saturated heterocycles. The van der Waals surface area contributed by atoms with Crippen LogP contribution >= 0.6 is 8.25 Å². The second-order valence-electron chi connectivity index (χ2n) is 6.07. The number of rotatable bonds is 6. The van der Waals surface area contributed by atoms with Crippen molar-refractivity contribution in [2.45, 2.75) is 38.3 Å². The Hall–Kier alpha value is -1.94. The third-order valence-electron chi connectivity index (χ3n) is 4.20. The van der Waals surface area contributed by atoms with E-state index in [1.807, 2.05) is 38.1 Å². The summed E-state index contributed by atoms with van der Waals surface area (Å²) in [6.07, 6.45) is 0.869. The lowest BCUT2D eigenvalue weighted by Crippen LogP contribution is -1.90. The summed E-state index contributed by atoms with van der Waals surface area (Å²) in [4.78, 5) is 0. The summed E-state index contributed by atoms with van der Waals surface area (Å²) in [6.45, 7) is 4.06. The minimum Gasteiger partial charge on any atom is -0.365 e. The SMILES string of the molecule is CC1OC1c1ccc(O[P+](=O)Oc2ccc(C3OC3C)cc2)cc1. The summed E-state index contributed by atoms with van der Waals surface area (Å²) in [5.41, 5.74) is 2.19. The van der Waals surface area contributed by atoms with Crippen molar-refractivity contribution in [2.24, 2.45) is 0 Å². The molecule has 2 aliphatic rings. The second-order valence-corrected chi connectivity index (χ2v) is 6.88. The minimum absolute atomic E-state index is 0.167. The van der Waals surface area contributed by atoms with Gasteiger partial charge in [-0.25, -0.2) is 9.05 Å². The van der Waals surface area contributed by atoms with Gasteiger partial charge in [0.25, 0.3) is 0 Å². The lowest BCUT2D eigenvalue weighted by Gasteiger charge is -1.98. The molecule has 0 radical (unpaired) electrons. The van der Waals surface area contributed by atoms with Crippen molar-refractivity contribution >= 4 is 8.25 Å². The Morgan fingerprint density at radius 2 is 1.08 bits per heavy atom. The van der Waals surface area contributed by atoms with E-state index in [9.17, 15) is 4.57 Å². The lowest BCUT2D eigenvalue weighted by atomic mass is 10.1. The van der Waals surface area contributed by atoms with E-state index < -0.39 is 8.25 Å². The minimum atomic E-state index is -2.28. The number of hydrogen-bond donors (Lipinski definition) is 0. The predicted octanol–water partition coefficient (Wildman–Crippen LogP) is 4.72. The van der Waals surface area contributed by atoms with Gasteiger partial charge in [0.05, 0.1) is 12.2 Å². The van der Waals surface area contributed by atoms with Crippen LogP contribution < -0.4 is 9.05 Å². The van der Waals surface area contributed by atoms with Crippen LogP contribution in [-0.2, 0) is 14.0 Å².